The SMILES string of the molecule is O=C(O)CNCSN1C=CC(=O)[N]C1=O. The molecule has 8 heteroatoms. The third-order valence-corrected chi connectivity index (χ3v) is 2.22. The molecule has 2 N–H and O–H groups in total. The highest BCUT2D eigenvalue weighted by atomic mass is 32.2. The van der Waals surface area contributed by atoms with E-state index in [1.165, 1.54) is 6.20 Å². The minimum Gasteiger partial charge on any atom is -0.480 e. The minimum absolute atomic E-state index is 0.186. The number of carbonyl (C=O) groups is 3. The molecule has 3 amide bonds. The Morgan fingerprint density at radius 3 is 2.93 bits per heavy atom. The molecule has 0 aromatic heterocycles. The molecule has 0 aromatic carbocycles. The summed E-state index contributed by atoms with van der Waals surface area (Å²) in [6.07, 6.45) is 2.45. The summed E-state index contributed by atoms with van der Waals surface area (Å²) in [5, 5.41) is 14.1. The molecule has 0 aliphatic carbocycles. The Bertz CT molecular complexity index is 317. The second-order valence-electron chi connectivity index (χ2n) is 2.47. The minimum atomic E-state index is -0.976. The van der Waals surface area contributed by atoms with Crippen molar-refractivity contribution in [2.24, 2.45) is 0 Å². The number of hydrogen-bond donors (Lipinski definition) is 2. The van der Waals surface area contributed by atoms with Gasteiger partial charge in [0.15, 0.2) is 0 Å². The second-order valence-corrected chi connectivity index (χ2v) is 3.41. The van der Waals surface area contributed by atoms with Crippen LogP contribution in [0.2, 0.25) is 0 Å². The lowest BCUT2D eigenvalue weighted by molar-refractivity contribution is -0.135. The lowest BCUT2D eigenvalue weighted by atomic mass is 10.5. The smallest absolute Gasteiger partial charge is 0.361 e. The normalized spacial score (nSPS) is 15.3. The maximum Gasteiger partial charge on any atom is 0.361 e. The predicted molar refractivity (Wildman–Crippen MR) is 51.6 cm³/mol. The lowest BCUT2D eigenvalue weighted by Gasteiger charge is -2.17. The standard InChI is InChI=1S/C7H8N3O4S/c11-5-1-2-10(7(14)9-5)15-4-8-3-6(12)13/h1-2,8H,3-4H2,(H,12,13). The Morgan fingerprint density at radius 1 is 1.60 bits per heavy atom. The van der Waals surface area contributed by atoms with Gasteiger partial charge in [-0.05, 0) is 11.9 Å². The number of carboxylic acid groups (broad SMARTS) is 1. The summed E-state index contributed by atoms with van der Waals surface area (Å²) >= 11 is 1.03. The first-order valence-corrected chi connectivity index (χ1v) is 4.86. The number of hydrogen-bond acceptors (Lipinski definition) is 5. The highest BCUT2D eigenvalue weighted by Crippen LogP contribution is 2.12. The Balaban J connectivity index is 2.27. The van der Waals surface area contributed by atoms with Crippen molar-refractivity contribution in [3.8, 4) is 0 Å². The highest BCUT2D eigenvalue weighted by molar-refractivity contribution is 7.97. The molecule has 0 atom stereocenters. The van der Waals surface area contributed by atoms with Crippen LogP contribution in [0.25, 0.3) is 0 Å². The molecule has 0 saturated carbocycles. The third-order valence-electron chi connectivity index (χ3n) is 1.33. The van der Waals surface area contributed by atoms with Crippen molar-refractivity contribution in [2.75, 3.05) is 12.4 Å². The van der Waals surface area contributed by atoms with Crippen LogP contribution in [0.1, 0.15) is 0 Å². The molecule has 1 aliphatic rings. The zero-order chi connectivity index (χ0) is 11.3. The van der Waals surface area contributed by atoms with Crippen molar-refractivity contribution in [1.29, 1.82) is 0 Å². The molecule has 1 rings (SSSR count). The molecular formula is C7H8N3O4S. The molecule has 1 heterocycles. The van der Waals surface area contributed by atoms with Gasteiger partial charge in [-0.3, -0.25) is 14.9 Å². The topological polar surface area (TPSA) is 101 Å². The molecule has 15 heavy (non-hydrogen) atoms. The first-order valence-electron chi connectivity index (χ1n) is 3.92. The van der Waals surface area contributed by atoms with E-state index in [9.17, 15) is 14.4 Å². The van der Waals surface area contributed by atoms with Crippen molar-refractivity contribution in [1.82, 2.24) is 14.9 Å². The average Bonchev–Trinajstić information content (AvgIpc) is 2.14. The van der Waals surface area contributed by atoms with Gasteiger partial charge in [0.05, 0.1) is 12.4 Å². The van der Waals surface area contributed by atoms with E-state index in [1.54, 1.807) is 0 Å². The monoisotopic (exact) mass is 230 g/mol. The van der Waals surface area contributed by atoms with Gasteiger partial charge in [0.25, 0.3) is 5.91 Å². The summed E-state index contributed by atoms with van der Waals surface area (Å²) in [4.78, 5) is 31.8. The number of amides is 3. The van der Waals surface area contributed by atoms with E-state index in [4.69, 9.17) is 5.11 Å². The molecule has 0 bridgehead atoms. The van der Waals surface area contributed by atoms with Crippen LogP contribution in [0.3, 0.4) is 0 Å². The molecule has 7 nitrogen and oxygen atoms in total. The van der Waals surface area contributed by atoms with Crippen molar-refractivity contribution >= 4 is 29.9 Å². The van der Waals surface area contributed by atoms with Crippen molar-refractivity contribution < 1.29 is 19.5 Å². The molecule has 0 aromatic rings. The van der Waals surface area contributed by atoms with Crippen LogP contribution in [0.4, 0.5) is 4.79 Å². The number of urea groups is 1. The molecule has 0 unspecified atom stereocenters. The van der Waals surface area contributed by atoms with Gasteiger partial charge >= 0.3 is 12.0 Å². The number of carbonyl (C=O) groups excluding carboxylic acids is 2. The molecular weight excluding hydrogens is 222 g/mol. The van der Waals surface area contributed by atoms with Gasteiger partial charge in [0.1, 0.15) is 0 Å². The van der Waals surface area contributed by atoms with E-state index >= 15 is 0 Å². The summed E-state index contributed by atoms with van der Waals surface area (Å²) in [5.41, 5.74) is 0. The van der Waals surface area contributed by atoms with Gasteiger partial charge in [-0.2, -0.15) is 5.32 Å². The zero-order valence-corrected chi connectivity index (χ0v) is 8.36. The van der Waals surface area contributed by atoms with Gasteiger partial charge in [-0.15, -0.1) is 0 Å². The number of carboxylic acids is 1. The third kappa shape index (κ3) is 4.00. The fourth-order valence-corrected chi connectivity index (χ4v) is 1.38. The van der Waals surface area contributed by atoms with Crippen LogP contribution in [-0.4, -0.2) is 39.7 Å². The second kappa shape index (κ2) is 5.37. The van der Waals surface area contributed by atoms with E-state index in [0.29, 0.717) is 0 Å². The summed E-state index contributed by atoms with van der Waals surface area (Å²) < 4.78 is 1.15. The van der Waals surface area contributed by atoms with Crippen LogP contribution in [0.15, 0.2) is 12.3 Å². The number of imide groups is 1. The van der Waals surface area contributed by atoms with Crippen LogP contribution in [-0.2, 0) is 9.59 Å². The van der Waals surface area contributed by atoms with Gasteiger partial charge < -0.3 is 5.11 Å². The van der Waals surface area contributed by atoms with Crippen molar-refractivity contribution in [3.05, 3.63) is 12.3 Å². The van der Waals surface area contributed by atoms with Crippen molar-refractivity contribution in [2.45, 2.75) is 0 Å². The van der Waals surface area contributed by atoms with Crippen LogP contribution in [0.5, 0.6) is 0 Å². The van der Waals surface area contributed by atoms with Gasteiger partial charge in [0.2, 0.25) is 0 Å². The first-order chi connectivity index (χ1) is 7.09. The van der Waals surface area contributed by atoms with Gasteiger partial charge in [-0.1, -0.05) is 0 Å². The Hall–Kier alpha value is -1.54. The fraction of sp³-hybridized carbons (Fsp3) is 0.286. The summed E-state index contributed by atoms with van der Waals surface area (Å²) in [6, 6.07) is -0.662. The number of nitrogens with zero attached hydrogens (tertiary/aromatic N) is 2. The van der Waals surface area contributed by atoms with Crippen LogP contribution in [0, 0.1) is 0 Å². The van der Waals surface area contributed by atoms with Gasteiger partial charge in [-0.25, -0.2) is 9.10 Å². The van der Waals surface area contributed by atoms with E-state index in [-0.39, 0.29) is 12.4 Å². The Labute approximate surface area is 89.6 Å². The first kappa shape index (κ1) is 11.5. The summed E-state index contributed by atoms with van der Waals surface area (Å²) in [6.45, 7) is -0.186. The molecule has 1 aliphatic heterocycles. The summed E-state index contributed by atoms with van der Waals surface area (Å²) in [5.74, 6) is -1.32. The largest absolute Gasteiger partial charge is 0.480 e. The Morgan fingerprint density at radius 2 is 2.33 bits per heavy atom. The van der Waals surface area contributed by atoms with E-state index in [0.717, 1.165) is 22.3 Å². The quantitative estimate of drug-likeness (QED) is 0.369. The number of aliphatic carboxylic acids is 1. The maximum absolute atomic E-state index is 11.1. The molecule has 0 spiro atoms. The molecule has 0 saturated heterocycles. The zero-order valence-electron chi connectivity index (χ0n) is 7.54. The van der Waals surface area contributed by atoms with E-state index in [2.05, 4.69) is 10.6 Å². The predicted octanol–water partition coefficient (Wildman–Crippen LogP) is -0.653. The number of nitrogens with one attached hydrogen (secondary N) is 1. The number of rotatable bonds is 5. The Kier molecular flexibility index (Phi) is 4.13. The fourth-order valence-electron chi connectivity index (χ4n) is 0.747. The molecule has 81 valence electrons. The van der Waals surface area contributed by atoms with E-state index in [1.807, 2.05) is 0 Å². The van der Waals surface area contributed by atoms with Gasteiger partial charge in [0, 0.05) is 12.3 Å². The maximum atomic E-state index is 11.1. The highest BCUT2D eigenvalue weighted by Gasteiger charge is 2.20. The average molecular weight is 230 g/mol. The molecule has 1 radical (unpaired) electrons. The lowest BCUT2D eigenvalue weighted by Crippen LogP contribution is -2.35. The molecule has 0 fully saturated rings. The summed E-state index contributed by atoms with van der Waals surface area (Å²) in [7, 11) is 0. The van der Waals surface area contributed by atoms with Crippen molar-refractivity contribution in [3.63, 3.8) is 0 Å². The van der Waals surface area contributed by atoms with Crippen LogP contribution >= 0.6 is 11.9 Å². The van der Waals surface area contributed by atoms with Crippen LogP contribution < -0.4 is 10.6 Å². The van der Waals surface area contributed by atoms with E-state index < -0.39 is 17.9 Å².